The third-order valence-corrected chi connectivity index (χ3v) is 6.61. The molecule has 3 aromatic rings. The molecule has 0 aliphatic carbocycles. The number of hydrogen-bond donors (Lipinski definition) is 0. The number of hydrogen-bond acceptors (Lipinski definition) is 7. The lowest BCUT2D eigenvalue weighted by Crippen LogP contribution is -2.49. The summed E-state index contributed by atoms with van der Waals surface area (Å²) in [5.74, 6) is 1.12. The average molecular weight is 424 g/mol. The Bertz CT molecular complexity index is 1030. The topological polar surface area (TPSA) is 79.3 Å². The number of nitrogens with zero attached hydrogens (tertiary/aromatic N) is 5. The van der Waals surface area contributed by atoms with Crippen LogP contribution in [0.5, 0.6) is 0 Å². The first-order valence-corrected chi connectivity index (χ1v) is 11.2. The monoisotopic (exact) mass is 423 g/mol. The minimum absolute atomic E-state index is 0.0377. The smallest absolute Gasteiger partial charge is 0.222 e. The molecular formula is C22H25N5O2S. The Morgan fingerprint density at radius 3 is 2.70 bits per heavy atom. The van der Waals surface area contributed by atoms with Crippen molar-refractivity contribution in [3.8, 4) is 0 Å². The number of aryl methyl sites for hydroxylation is 1. The summed E-state index contributed by atoms with van der Waals surface area (Å²) in [5, 5.41) is 1.10. The second kappa shape index (κ2) is 9.30. The first-order valence-electron chi connectivity index (χ1n) is 10.3. The molecule has 0 N–H and O–H groups in total. The Balaban J connectivity index is 1.29. The van der Waals surface area contributed by atoms with Crippen molar-refractivity contribution in [2.24, 2.45) is 0 Å². The van der Waals surface area contributed by atoms with Gasteiger partial charge < -0.3 is 9.80 Å². The lowest BCUT2D eigenvalue weighted by atomic mass is 10.1. The molecule has 7 nitrogen and oxygen atoms in total. The molecule has 1 amide bonds. The molecule has 0 unspecified atom stereocenters. The molecule has 0 saturated carbocycles. The Morgan fingerprint density at radius 1 is 1.13 bits per heavy atom. The number of fused-ring (bicyclic) bond motifs is 1. The van der Waals surface area contributed by atoms with Crippen LogP contribution in [0, 0.1) is 0 Å². The van der Waals surface area contributed by atoms with Gasteiger partial charge in [0.1, 0.15) is 17.0 Å². The van der Waals surface area contributed by atoms with Crippen molar-refractivity contribution < 1.29 is 9.59 Å². The molecule has 0 bridgehead atoms. The minimum Gasteiger partial charge on any atom is -0.352 e. The van der Waals surface area contributed by atoms with Gasteiger partial charge in [-0.25, -0.2) is 9.97 Å². The fourth-order valence-electron chi connectivity index (χ4n) is 3.72. The number of rotatable bonds is 7. The number of ketones is 1. The second-order valence-electron chi connectivity index (χ2n) is 7.37. The summed E-state index contributed by atoms with van der Waals surface area (Å²) in [6.45, 7) is 5.00. The van der Waals surface area contributed by atoms with Crippen molar-refractivity contribution in [1.29, 1.82) is 0 Å². The first kappa shape index (κ1) is 20.4. The van der Waals surface area contributed by atoms with Gasteiger partial charge in [-0.2, -0.15) is 0 Å². The van der Waals surface area contributed by atoms with Crippen molar-refractivity contribution in [3.63, 3.8) is 0 Å². The number of thiophene rings is 1. The molecule has 4 rings (SSSR count). The van der Waals surface area contributed by atoms with Gasteiger partial charge in [0.15, 0.2) is 5.78 Å². The van der Waals surface area contributed by atoms with Crippen molar-refractivity contribution >= 4 is 39.1 Å². The van der Waals surface area contributed by atoms with E-state index in [0.29, 0.717) is 37.9 Å². The third-order valence-electron chi connectivity index (χ3n) is 5.42. The highest BCUT2D eigenvalue weighted by Gasteiger charge is 2.23. The Hall–Kier alpha value is -2.87. The van der Waals surface area contributed by atoms with Gasteiger partial charge in [-0.1, -0.05) is 6.92 Å². The molecule has 0 aromatic carbocycles. The number of Topliss-reactive ketones (excluding diaryl/α,β-unsaturated/α-hetero) is 1. The molecule has 0 radical (unpaired) electrons. The van der Waals surface area contributed by atoms with Crippen LogP contribution in [0.1, 0.15) is 41.4 Å². The highest BCUT2D eigenvalue weighted by molar-refractivity contribution is 7.18. The van der Waals surface area contributed by atoms with Crippen molar-refractivity contribution in [2.45, 2.75) is 32.6 Å². The van der Waals surface area contributed by atoms with Crippen LogP contribution in [-0.2, 0) is 11.2 Å². The normalized spacial score (nSPS) is 14.3. The zero-order valence-electron chi connectivity index (χ0n) is 17.1. The molecule has 1 saturated heterocycles. The standard InChI is InChI=1S/C22H25N5O2S/c1-2-17-13-18-21(24-15-25-22(18)30-17)27-11-9-26(10-12-27)20(29)7-3-6-19(28)16-5-4-8-23-14-16/h4-5,8,13-15H,2-3,6-7,9-12H2,1H3. The fourth-order valence-corrected chi connectivity index (χ4v) is 4.65. The number of anilines is 1. The van der Waals surface area contributed by atoms with E-state index in [9.17, 15) is 9.59 Å². The number of aromatic nitrogens is 3. The first-order chi connectivity index (χ1) is 14.7. The van der Waals surface area contributed by atoms with Crippen LogP contribution in [-0.4, -0.2) is 57.7 Å². The van der Waals surface area contributed by atoms with E-state index in [1.54, 1.807) is 42.2 Å². The number of amides is 1. The maximum absolute atomic E-state index is 12.6. The lowest BCUT2D eigenvalue weighted by Gasteiger charge is -2.35. The number of pyridine rings is 1. The van der Waals surface area contributed by atoms with E-state index >= 15 is 0 Å². The van der Waals surface area contributed by atoms with Gasteiger partial charge in [-0.3, -0.25) is 14.6 Å². The Morgan fingerprint density at radius 2 is 1.97 bits per heavy atom. The summed E-state index contributed by atoms with van der Waals surface area (Å²) in [5.41, 5.74) is 0.606. The number of carbonyl (C=O) groups is 2. The van der Waals surface area contributed by atoms with E-state index in [1.807, 2.05) is 4.90 Å². The molecule has 0 spiro atoms. The zero-order valence-corrected chi connectivity index (χ0v) is 17.9. The SMILES string of the molecule is CCc1cc2c(N3CCN(C(=O)CCCC(=O)c4cccnc4)CC3)ncnc2s1. The predicted octanol–water partition coefficient (Wildman–Crippen LogP) is 3.35. The van der Waals surface area contributed by atoms with E-state index in [-0.39, 0.29) is 11.7 Å². The molecule has 1 aliphatic heterocycles. The van der Waals surface area contributed by atoms with Gasteiger partial charge in [-0.05, 0) is 31.0 Å². The van der Waals surface area contributed by atoms with E-state index < -0.39 is 0 Å². The summed E-state index contributed by atoms with van der Waals surface area (Å²) < 4.78 is 0. The molecule has 4 heterocycles. The number of carbonyl (C=O) groups excluding carboxylic acids is 2. The van der Waals surface area contributed by atoms with Crippen LogP contribution in [0.25, 0.3) is 10.2 Å². The molecule has 0 atom stereocenters. The lowest BCUT2D eigenvalue weighted by molar-refractivity contribution is -0.131. The molecule has 156 valence electrons. The van der Waals surface area contributed by atoms with Gasteiger partial charge in [0.05, 0.1) is 5.39 Å². The number of piperazine rings is 1. The van der Waals surface area contributed by atoms with Crippen molar-refractivity contribution in [2.75, 3.05) is 31.1 Å². The maximum atomic E-state index is 12.6. The van der Waals surface area contributed by atoms with Crippen molar-refractivity contribution in [1.82, 2.24) is 19.9 Å². The summed E-state index contributed by atoms with van der Waals surface area (Å²) in [6.07, 6.45) is 7.17. The van der Waals surface area contributed by atoms with Gasteiger partial charge in [0, 0.05) is 61.9 Å². The van der Waals surface area contributed by atoms with Gasteiger partial charge in [0.2, 0.25) is 5.91 Å². The van der Waals surface area contributed by atoms with E-state index in [0.717, 1.165) is 35.5 Å². The molecule has 1 aliphatic rings. The summed E-state index contributed by atoms with van der Waals surface area (Å²) in [7, 11) is 0. The van der Waals surface area contributed by atoms with E-state index in [4.69, 9.17) is 0 Å². The van der Waals surface area contributed by atoms with Gasteiger partial charge in [-0.15, -0.1) is 11.3 Å². The zero-order chi connectivity index (χ0) is 20.9. The van der Waals surface area contributed by atoms with Crippen LogP contribution < -0.4 is 4.90 Å². The predicted molar refractivity (Wildman–Crippen MR) is 118 cm³/mol. The van der Waals surface area contributed by atoms with Gasteiger partial charge >= 0.3 is 0 Å². The maximum Gasteiger partial charge on any atom is 0.222 e. The minimum atomic E-state index is 0.0377. The quantitative estimate of drug-likeness (QED) is 0.542. The van der Waals surface area contributed by atoms with Gasteiger partial charge in [0.25, 0.3) is 0 Å². The molecule has 30 heavy (non-hydrogen) atoms. The Kier molecular flexibility index (Phi) is 6.32. The molecule has 1 fully saturated rings. The fraction of sp³-hybridized carbons (Fsp3) is 0.409. The Labute approximate surface area is 179 Å². The highest BCUT2D eigenvalue weighted by atomic mass is 32.1. The second-order valence-corrected chi connectivity index (χ2v) is 8.48. The van der Waals surface area contributed by atoms with Crippen LogP contribution in [0.4, 0.5) is 5.82 Å². The van der Waals surface area contributed by atoms with Crippen LogP contribution in [0.2, 0.25) is 0 Å². The van der Waals surface area contributed by atoms with Crippen LogP contribution in [0.15, 0.2) is 36.9 Å². The molecular weight excluding hydrogens is 398 g/mol. The summed E-state index contributed by atoms with van der Waals surface area (Å²) >= 11 is 1.72. The summed E-state index contributed by atoms with van der Waals surface area (Å²) in [4.78, 5) is 44.1. The van der Waals surface area contributed by atoms with Crippen molar-refractivity contribution in [3.05, 3.63) is 47.4 Å². The molecule has 8 heteroatoms. The summed E-state index contributed by atoms with van der Waals surface area (Å²) in [6, 6.07) is 5.70. The molecule has 3 aromatic heterocycles. The van der Waals surface area contributed by atoms with Crippen LogP contribution >= 0.6 is 11.3 Å². The highest BCUT2D eigenvalue weighted by Crippen LogP contribution is 2.31. The third kappa shape index (κ3) is 4.48. The largest absolute Gasteiger partial charge is 0.352 e. The average Bonchev–Trinajstić information content (AvgIpc) is 3.23. The van der Waals surface area contributed by atoms with E-state index in [1.165, 1.54) is 4.88 Å². The van der Waals surface area contributed by atoms with E-state index in [2.05, 4.69) is 32.8 Å². The van der Waals surface area contributed by atoms with Crippen LogP contribution in [0.3, 0.4) is 0 Å².